The minimum absolute atomic E-state index is 0.260. The van der Waals surface area contributed by atoms with Crippen LogP contribution in [-0.2, 0) is 6.54 Å². The first-order valence-electron chi connectivity index (χ1n) is 5.20. The van der Waals surface area contributed by atoms with Crippen LogP contribution in [0.25, 0.3) is 0 Å². The Labute approximate surface area is 98.6 Å². The van der Waals surface area contributed by atoms with Crippen LogP contribution < -0.4 is 11.1 Å². The Bertz CT molecular complexity index is 534. The topological polar surface area (TPSA) is 81.2 Å². The number of hydrogen-bond acceptors (Lipinski definition) is 4. The van der Waals surface area contributed by atoms with Gasteiger partial charge in [-0.3, -0.25) is 9.78 Å². The monoisotopic (exact) mass is 231 g/mol. The highest BCUT2D eigenvalue weighted by atomic mass is 16.3. The van der Waals surface area contributed by atoms with E-state index in [9.17, 15) is 4.79 Å². The number of nitrogens with one attached hydrogen (secondary N) is 1. The number of pyridine rings is 1. The van der Waals surface area contributed by atoms with Gasteiger partial charge in [-0.15, -0.1) is 0 Å². The van der Waals surface area contributed by atoms with Gasteiger partial charge < -0.3 is 15.5 Å². The van der Waals surface area contributed by atoms with Crippen molar-refractivity contribution in [3.63, 3.8) is 0 Å². The Morgan fingerprint density at radius 1 is 1.47 bits per heavy atom. The summed E-state index contributed by atoms with van der Waals surface area (Å²) in [5, 5.41) is 2.72. The molecule has 1 amide bonds. The quantitative estimate of drug-likeness (QED) is 0.838. The molecule has 0 spiro atoms. The fourth-order valence-electron chi connectivity index (χ4n) is 1.44. The molecule has 0 atom stereocenters. The minimum atomic E-state index is -0.260. The van der Waals surface area contributed by atoms with E-state index in [1.165, 1.54) is 6.20 Å². The van der Waals surface area contributed by atoms with Gasteiger partial charge in [-0.05, 0) is 25.1 Å². The molecule has 0 aliphatic carbocycles. The van der Waals surface area contributed by atoms with E-state index < -0.39 is 0 Å². The molecule has 2 aromatic rings. The Kier molecular flexibility index (Phi) is 3.09. The van der Waals surface area contributed by atoms with Crippen LogP contribution in [0, 0.1) is 6.92 Å². The van der Waals surface area contributed by atoms with Gasteiger partial charge >= 0.3 is 0 Å². The number of carbonyl (C=O) groups is 1. The zero-order valence-electron chi connectivity index (χ0n) is 9.43. The highest BCUT2D eigenvalue weighted by molar-refractivity contribution is 5.98. The lowest BCUT2D eigenvalue weighted by Crippen LogP contribution is -2.23. The number of rotatable bonds is 3. The van der Waals surface area contributed by atoms with Crippen LogP contribution in [0.1, 0.15) is 21.9 Å². The zero-order valence-corrected chi connectivity index (χ0v) is 9.43. The maximum absolute atomic E-state index is 11.8. The molecule has 2 heterocycles. The van der Waals surface area contributed by atoms with Gasteiger partial charge in [-0.2, -0.15) is 0 Å². The summed E-state index contributed by atoms with van der Waals surface area (Å²) in [7, 11) is 0. The number of aromatic nitrogens is 1. The van der Waals surface area contributed by atoms with Gasteiger partial charge in [0.25, 0.3) is 5.91 Å². The number of furan rings is 1. The van der Waals surface area contributed by atoms with Crippen molar-refractivity contribution in [1.82, 2.24) is 10.3 Å². The van der Waals surface area contributed by atoms with Crippen LogP contribution >= 0.6 is 0 Å². The first-order chi connectivity index (χ1) is 8.16. The molecule has 0 fully saturated rings. The molecular weight excluding hydrogens is 218 g/mol. The predicted molar refractivity (Wildman–Crippen MR) is 63.3 cm³/mol. The van der Waals surface area contributed by atoms with Gasteiger partial charge in [0, 0.05) is 18.1 Å². The van der Waals surface area contributed by atoms with Gasteiger partial charge in [0.05, 0.1) is 12.1 Å². The van der Waals surface area contributed by atoms with Crippen molar-refractivity contribution in [1.29, 1.82) is 0 Å². The Balaban J connectivity index is 2.01. The number of hydrogen-bond donors (Lipinski definition) is 2. The molecule has 0 radical (unpaired) electrons. The van der Waals surface area contributed by atoms with E-state index in [0.29, 0.717) is 23.6 Å². The third-order valence-electron chi connectivity index (χ3n) is 2.32. The van der Waals surface area contributed by atoms with E-state index in [2.05, 4.69) is 10.3 Å². The molecule has 0 aromatic carbocycles. The van der Waals surface area contributed by atoms with Crippen LogP contribution in [0.3, 0.4) is 0 Å². The van der Waals surface area contributed by atoms with Crippen molar-refractivity contribution in [2.75, 3.05) is 5.73 Å². The third-order valence-corrected chi connectivity index (χ3v) is 2.32. The van der Waals surface area contributed by atoms with Crippen LogP contribution in [0.15, 0.2) is 35.0 Å². The van der Waals surface area contributed by atoms with Crippen molar-refractivity contribution in [3.05, 3.63) is 47.7 Å². The summed E-state index contributed by atoms with van der Waals surface area (Å²) in [6.45, 7) is 2.19. The lowest BCUT2D eigenvalue weighted by molar-refractivity contribution is 0.0948. The van der Waals surface area contributed by atoms with E-state index in [1.807, 2.05) is 19.1 Å². The molecule has 0 saturated carbocycles. The van der Waals surface area contributed by atoms with E-state index in [0.717, 1.165) is 5.76 Å². The molecule has 0 aliphatic heterocycles. The lowest BCUT2D eigenvalue weighted by atomic mass is 10.2. The van der Waals surface area contributed by atoms with Crippen LogP contribution in [0.4, 0.5) is 5.69 Å². The summed E-state index contributed by atoms with van der Waals surface area (Å²) in [6, 6.07) is 5.26. The van der Waals surface area contributed by atoms with Crippen LogP contribution in [-0.4, -0.2) is 10.9 Å². The molecule has 0 aliphatic rings. The third kappa shape index (κ3) is 2.63. The Morgan fingerprint density at radius 3 is 2.94 bits per heavy atom. The average Bonchev–Trinajstić information content (AvgIpc) is 2.73. The van der Waals surface area contributed by atoms with E-state index in [-0.39, 0.29) is 5.91 Å². The summed E-state index contributed by atoms with van der Waals surface area (Å²) >= 11 is 0. The summed E-state index contributed by atoms with van der Waals surface area (Å²) < 4.78 is 5.34. The number of carbonyl (C=O) groups excluding carboxylic acids is 1. The highest BCUT2D eigenvalue weighted by Gasteiger charge is 2.09. The van der Waals surface area contributed by atoms with Crippen molar-refractivity contribution < 1.29 is 9.21 Å². The van der Waals surface area contributed by atoms with Gasteiger partial charge in [0.15, 0.2) is 0 Å². The van der Waals surface area contributed by atoms with E-state index in [1.54, 1.807) is 12.3 Å². The SMILES string of the molecule is Cc1ccc(CNC(=O)c2cnccc2N)o1. The first-order valence-corrected chi connectivity index (χ1v) is 5.20. The van der Waals surface area contributed by atoms with Gasteiger partial charge in [0.1, 0.15) is 11.5 Å². The molecule has 0 unspecified atom stereocenters. The fourth-order valence-corrected chi connectivity index (χ4v) is 1.44. The number of nitrogens with two attached hydrogens (primary N) is 1. The number of aryl methyl sites for hydroxylation is 1. The lowest BCUT2D eigenvalue weighted by Gasteiger charge is -2.05. The molecule has 5 heteroatoms. The molecule has 88 valence electrons. The summed E-state index contributed by atoms with van der Waals surface area (Å²) in [4.78, 5) is 15.6. The Hall–Kier alpha value is -2.30. The second-order valence-electron chi connectivity index (χ2n) is 3.66. The van der Waals surface area contributed by atoms with Crippen molar-refractivity contribution >= 4 is 11.6 Å². The standard InChI is InChI=1S/C12H13N3O2/c1-8-2-3-9(17-8)6-15-12(16)10-7-14-5-4-11(10)13/h2-5,7H,6H2,1H3,(H2,13,14)(H,15,16). The minimum Gasteiger partial charge on any atom is -0.465 e. The summed E-state index contributed by atoms with van der Waals surface area (Å²) in [6.07, 6.45) is 2.99. The summed E-state index contributed by atoms with van der Waals surface area (Å²) in [5.74, 6) is 1.26. The fraction of sp³-hybridized carbons (Fsp3) is 0.167. The van der Waals surface area contributed by atoms with E-state index in [4.69, 9.17) is 10.2 Å². The number of nitrogens with zero attached hydrogens (tertiary/aromatic N) is 1. The Morgan fingerprint density at radius 2 is 2.29 bits per heavy atom. The van der Waals surface area contributed by atoms with Crippen LogP contribution in [0.5, 0.6) is 0 Å². The van der Waals surface area contributed by atoms with Crippen molar-refractivity contribution in [2.45, 2.75) is 13.5 Å². The largest absolute Gasteiger partial charge is 0.465 e. The summed E-state index contributed by atoms with van der Waals surface area (Å²) in [5.41, 5.74) is 6.45. The van der Waals surface area contributed by atoms with Crippen LogP contribution in [0.2, 0.25) is 0 Å². The predicted octanol–water partition coefficient (Wildman–Crippen LogP) is 1.50. The molecule has 17 heavy (non-hydrogen) atoms. The normalized spacial score (nSPS) is 10.2. The van der Waals surface area contributed by atoms with Crippen molar-refractivity contribution in [2.24, 2.45) is 0 Å². The number of amides is 1. The average molecular weight is 231 g/mol. The molecule has 0 saturated heterocycles. The molecular formula is C12H13N3O2. The highest BCUT2D eigenvalue weighted by Crippen LogP contribution is 2.09. The maximum Gasteiger partial charge on any atom is 0.255 e. The second kappa shape index (κ2) is 4.69. The molecule has 2 aromatic heterocycles. The smallest absolute Gasteiger partial charge is 0.255 e. The molecule has 5 nitrogen and oxygen atoms in total. The molecule has 3 N–H and O–H groups in total. The van der Waals surface area contributed by atoms with E-state index >= 15 is 0 Å². The van der Waals surface area contributed by atoms with Gasteiger partial charge in [0.2, 0.25) is 0 Å². The zero-order chi connectivity index (χ0) is 12.3. The number of anilines is 1. The first kappa shape index (κ1) is 11.2. The van der Waals surface area contributed by atoms with Gasteiger partial charge in [-0.1, -0.05) is 0 Å². The number of nitrogen functional groups attached to an aromatic ring is 1. The maximum atomic E-state index is 11.8. The van der Waals surface area contributed by atoms with Gasteiger partial charge in [-0.25, -0.2) is 0 Å². The van der Waals surface area contributed by atoms with Crippen molar-refractivity contribution in [3.8, 4) is 0 Å². The molecule has 2 rings (SSSR count). The second-order valence-corrected chi connectivity index (χ2v) is 3.66. The molecule has 0 bridgehead atoms.